The molecule has 1 atom stereocenters. The lowest BCUT2D eigenvalue weighted by atomic mass is 10.1. The average Bonchev–Trinajstić information content (AvgIpc) is 3.14. The van der Waals surface area contributed by atoms with Crippen molar-refractivity contribution in [3.8, 4) is 0 Å². The van der Waals surface area contributed by atoms with Gasteiger partial charge in [-0.05, 0) is 30.5 Å². The molecule has 6 nitrogen and oxygen atoms in total. The van der Waals surface area contributed by atoms with Crippen LogP contribution in [-0.4, -0.2) is 26.5 Å². The van der Waals surface area contributed by atoms with E-state index in [1.54, 1.807) is 12.1 Å². The molecule has 1 aliphatic rings. The fourth-order valence-corrected chi connectivity index (χ4v) is 2.54. The monoisotopic (exact) mass is 303 g/mol. The van der Waals surface area contributed by atoms with Crippen LogP contribution in [-0.2, 0) is 11.2 Å². The van der Waals surface area contributed by atoms with Crippen LogP contribution in [0.15, 0.2) is 30.4 Å². The van der Waals surface area contributed by atoms with Crippen LogP contribution < -0.4 is 5.32 Å². The summed E-state index contributed by atoms with van der Waals surface area (Å²) in [6.45, 7) is 0. The number of tetrazole rings is 1. The Morgan fingerprint density at radius 1 is 1.48 bits per heavy atom. The molecular weight excluding hydrogens is 290 g/mol. The molecule has 3 rings (SSSR count). The quantitative estimate of drug-likeness (QED) is 0.849. The van der Waals surface area contributed by atoms with Gasteiger partial charge in [-0.2, -0.15) is 5.21 Å². The number of allylic oxidation sites excluding steroid dienone is 1. The molecule has 1 heterocycles. The van der Waals surface area contributed by atoms with Crippen LogP contribution in [0.3, 0.4) is 0 Å². The summed E-state index contributed by atoms with van der Waals surface area (Å²) in [7, 11) is 0. The molecule has 1 aromatic carbocycles. The van der Waals surface area contributed by atoms with Crippen molar-refractivity contribution in [1.29, 1.82) is 0 Å². The van der Waals surface area contributed by atoms with Gasteiger partial charge >= 0.3 is 0 Å². The summed E-state index contributed by atoms with van der Waals surface area (Å²) in [6, 6.07) is 5.49. The molecule has 0 fully saturated rings. The Hall–Kier alpha value is -2.21. The van der Waals surface area contributed by atoms with Crippen LogP contribution in [0.1, 0.15) is 24.2 Å². The molecule has 7 heteroatoms. The Kier molecular flexibility index (Phi) is 3.96. The van der Waals surface area contributed by atoms with Crippen molar-refractivity contribution < 1.29 is 4.79 Å². The molecular formula is C14H14ClN5O. The van der Waals surface area contributed by atoms with E-state index in [2.05, 4.69) is 25.9 Å². The maximum atomic E-state index is 12.1. The molecule has 1 aromatic heterocycles. The van der Waals surface area contributed by atoms with Gasteiger partial charge in [-0.25, -0.2) is 0 Å². The van der Waals surface area contributed by atoms with Gasteiger partial charge in [0.2, 0.25) is 5.91 Å². The first-order valence-electron chi connectivity index (χ1n) is 6.70. The summed E-state index contributed by atoms with van der Waals surface area (Å²) < 4.78 is 0. The zero-order valence-corrected chi connectivity index (χ0v) is 12.0. The van der Waals surface area contributed by atoms with Gasteiger partial charge < -0.3 is 5.32 Å². The molecule has 21 heavy (non-hydrogen) atoms. The fourth-order valence-electron chi connectivity index (χ4n) is 2.29. The normalized spacial score (nSPS) is 17.1. The third-order valence-electron chi connectivity index (χ3n) is 3.39. The van der Waals surface area contributed by atoms with Gasteiger partial charge in [0, 0.05) is 6.42 Å². The molecule has 0 saturated heterocycles. The SMILES string of the molecule is O=C(Nc1ccc(Cc2nn[nH]n2)cc1Cl)C1C=CCC1. The maximum absolute atomic E-state index is 12.1. The summed E-state index contributed by atoms with van der Waals surface area (Å²) in [5.41, 5.74) is 1.58. The standard InChI is InChI=1S/C14H14ClN5O/c15-11-7-9(8-13-17-19-20-18-13)5-6-12(11)16-14(21)10-3-1-2-4-10/h1,3,5-7,10H,2,4,8H2,(H,16,21)(H,17,18,19,20). The van der Waals surface area contributed by atoms with Gasteiger partial charge in [-0.3, -0.25) is 4.79 Å². The summed E-state index contributed by atoms with van der Waals surface area (Å²) in [5, 5.41) is 17.1. The number of hydrogen-bond acceptors (Lipinski definition) is 4. The van der Waals surface area contributed by atoms with Crippen molar-refractivity contribution in [3.63, 3.8) is 0 Å². The number of H-pyrrole nitrogens is 1. The van der Waals surface area contributed by atoms with Crippen molar-refractivity contribution in [1.82, 2.24) is 20.6 Å². The molecule has 2 N–H and O–H groups in total. The Bertz CT molecular complexity index is 668. The number of hydrogen-bond donors (Lipinski definition) is 2. The molecule has 0 aliphatic heterocycles. The summed E-state index contributed by atoms with van der Waals surface area (Å²) in [5.74, 6) is 0.524. The van der Waals surface area contributed by atoms with Crippen LogP contribution in [0.5, 0.6) is 0 Å². The highest BCUT2D eigenvalue weighted by Gasteiger charge is 2.19. The lowest BCUT2D eigenvalue weighted by molar-refractivity contribution is -0.118. The number of amides is 1. The van der Waals surface area contributed by atoms with Crippen molar-refractivity contribution in [2.45, 2.75) is 19.3 Å². The van der Waals surface area contributed by atoms with Gasteiger partial charge in [0.25, 0.3) is 0 Å². The van der Waals surface area contributed by atoms with Gasteiger partial charge in [-0.15, -0.1) is 10.2 Å². The smallest absolute Gasteiger partial charge is 0.231 e. The van der Waals surface area contributed by atoms with E-state index < -0.39 is 0 Å². The topological polar surface area (TPSA) is 83.6 Å². The van der Waals surface area contributed by atoms with E-state index in [1.165, 1.54) is 0 Å². The lowest BCUT2D eigenvalue weighted by Crippen LogP contribution is -2.19. The Balaban J connectivity index is 1.69. The minimum absolute atomic E-state index is 0.0171. The number of nitrogens with zero attached hydrogens (tertiary/aromatic N) is 3. The van der Waals surface area contributed by atoms with E-state index in [1.807, 2.05) is 18.2 Å². The number of aromatic nitrogens is 4. The fraction of sp³-hybridized carbons (Fsp3) is 0.286. The second-order valence-corrected chi connectivity index (χ2v) is 5.33. The molecule has 1 amide bonds. The van der Waals surface area contributed by atoms with Crippen LogP contribution in [0.2, 0.25) is 5.02 Å². The summed E-state index contributed by atoms with van der Waals surface area (Å²) in [6.07, 6.45) is 6.32. The number of benzene rings is 1. The first-order chi connectivity index (χ1) is 10.2. The van der Waals surface area contributed by atoms with Gasteiger partial charge in [0.15, 0.2) is 5.82 Å². The van der Waals surface area contributed by atoms with Crippen LogP contribution in [0, 0.1) is 5.92 Å². The zero-order valence-electron chi connectivity index (χ0n) is 11.2. The second-order valence-electron chi connectivity index (χ2n) is 4.92. The number of carbonyl (C=O) groups excluding carboxylic acids is 1. The minimum atomic E-state index is -0.0555. The molecule has 0 spiro atoms. The van der Waals surface area contributed by atoms with E-state index in [-0.39, 0.29) is 11.8 Å². The zero-order chi connectivity index (χ0) is 14.7. The predicted molar refractivity (Wildman–Crippen MR) is 78.9 cm³/mol. The number of rotatable bonds is 4. The molecule has 2 aromatic rings. The minimum Gasteiger partial charge on any atom is -0.324 e. The maximum Gasteiger partial charge on any atom is 0.231 e. The van der Waals surface area contributed by atoms with E-state index in [0.717, 1.165) is 18.4 Å². The molecule has 0 bridgehead atoms. The third kappa shape index (κ3) is 3.28. The van der Waals surface area contributed by atoms with E-state index in [4.69, 9.17) is 11.6 Å². The molecule has 108 valence electrons. The van der Waals surface area contributed by atoms with Crippen LogP contribution in [0.25, 0.3) is 0 Å². The predicted octanol–water partition coefficient (Wildman–Crippen LogP) is 2.35. The van der Waals surface area contributed by atoms with Crippen molar-refractivity contribution in [2.75, 3.05) is 5.32 Å². The number of nitrogens with one attached hydrogen (secondary N) is 2. The highest BCUT2D eigenvalue weighted by atomic mass is 35.5. The number of carbonyl (C=O) groups is 1. The molecule has 0 radical (unpaired) electrons. The Labute approximate surface area is 126 Å². The van der Waals surface area contributed by atoms with Gasteiger partial charge in [0.05, 0.1) is 16.6 Å². The van der Waals surface area contributed by atoms with E-state index in [0.29, 0.717) is 23.0 Å². The number of aromatic amines is 1. The Morgan fingerprint density at radius 2 is 2.38 bits per heavy atom. The lowest BCUT2D eigenvalue weighted by Gasteiger charge is -2.11. The van der Waals surface area contributed by atoms with Gasteiger partial charge in [-0.1, -0.05) is 35.0 Å². The second kappa shape index (κ2) is 6.05. The summed E-state index contributed by atoms with van der Waals surface area (Å²) in [4.78, 5) is 12.1. The van der Waals surface area contributed by atoms with Gasteiger partial charge in [0.1, 0.15) is 0 Å². The summed E-state index contributed by atoms with van der Waals surface area (Å²) >= 11 is 6.22. The highest BCUT2D eigenvalue weighted by Crippen LogP contribution is 2.26. The first kappa shape index (κ1) is 13.8. The largest absolute Gasteiger partial charge is 0.324 e. The van der Waals surface area contributed by atoms with E-state index >= 15 is 0 Å². The average molecular weight is 304 g/mol. The van der Waals surface area contributed by atoms with Crippen molar-refractivity contribution >= 4 is 23.2 Å². The van der Waals surface area contributed by atoms with Crippen molar-refractivity contribution in [3.05, 3.63) is 46.8 Å². The van der Waals surface area contributed by atoms with Crippen LogP contribution in [0.4, 0.5) is 5.69 Å². The highest BCUT2D eigenvalue weighted by molar-refractivity contribution is 6.33. The van der Waals surface area contributed by atoms with E-state index in [9.17, 15) is 4.79 Å². The first-order valence-corrected chi connectivity index (χ1v) is 7.08. The van der Waals surface area contributed by atoms with Crippen molar-refractivity contribution in [2.24, 2.45) is 5.92 Å². The van der Waals surface area contributed by atoms with Crippen LogP contribution >= 0.6 is 11.6 Å². The molecule has 0 saturated carbocycles. The molecule has 1 unspecified atom stereocenters. The Morgan fingerprint density at radius 3 is 3.05 bits per heavy atom. The number of halogens is 1. The number of anilines is 1. The third-order valence-corrected chi connectivity index (χ3v) is 3.71. The molecule has 1 aliphatic carbocycles.